The standard InChI is InChI=1S/C22H18N4/c1-21(23-24-21)19-11-7-17(8-12-19)15-3-5-16(6-4-15)18-9-13-20(14-10-18)22(2)25-26-22/h3-14H,1-2H3. The first-order valence-corrected chi connectivity index (χ1v) is 8.76. The van der Waals surface area contributed by atoms with E-state index in [0.29, 0.717) is 0 Å². The predicted octanol–water partition coefficient (Wildman–Crippen LogP) is 6.30. The third kappa shape index (κ3) is 2.54. The summed E-state index contributed by atoms with van der Waals surface area (Å²) in [5.74, 6) is 0. The van der Waals surface area contributed by atoms with Crippen molar-refractivity contribution in [3.05, 3.63) is 83.9 Å². The maximum absolute atomic E-state index is 4.09. The lowest BCUT2D eigenvalue weighted by Crippen LogP contribution is -2.00. The summed E-state index contributed by atoms with van der Waals surface area (Å²) in [6, 6.07) is 25.6. The van der Waals surface area contributed by atoms with Crippen LogP contribution in [0.2, 0.25) is 0 Å². The molecule has 0 unspecified atom stereocenters. The van der Waals surface area contributed by atoms with Crippen molar-refractivity contribution in [3.63, 3.8) is 0 Å². The van der Waals surface area contributed by atoms with Gasteiger partial charge in [-0.25, -0.2) is 0 Å². The molecule has 4 heteroatoms. The molecule has 0 atom stereocenters. The van der Waals surface area contributed by atoms with Crippen LogP contribution in [0, 0.1) is 0 Å². The number of benzene rings is 3. The summed E-state index contributed by atoms with van der Waals surface area (Å²) in [6.07, 6.45) is 0. The highest BCUT2D eigenvalue weighted by molar-refractivity contribution is 5.70. The van der Waals surface area contributed by atoms with Crippen molar-refractivity contribution in [2.75, 3.05) is 0 Å². The van der Waals surface area contributed by atoms with Crippen LogP contribution in [0.4, 0.5) is 0 Å². The smallest absolute Gasteiger partial charge is 0.154 e. The molecule has 3 aromatic rings. The Hall–Kier alpha value is -3.14. The molecule has 2 aliphatic heterocycles. The predicted molar refractivity (Wildman–Crippen MR) is 102 cm³/mol. The van der Waals surface area contributed by atoms with E-state index in [0.717, 1.165) is 11.1 Å². The van der Waals surface area contributed by atoms with Gasteiger partial charge in [-0.3, -0.25) is 0 Å². The van der Waals surface area contributed by atoms with Crippen LogP contribution in [0.1, 0.15) is 25.0 Å². The van der Waals surface area contributed by atoms with Gasteiger partial charge in [-0.15, -0.1) is 0 Å². The van der Waals surface area contributed by atoms with E-state index >= 15 is 0 Å². The molecule has 0 N–H and O–H groups in total. The highest BCUT2D eigenvalue weighted by atomic mass is 15.4. The summed E-state index contributed by atoms with van der Waals surface area (Å²) in [6.45, 7) is 4.04. The van der Waals surface area contributed by atoms with Crippen LogP contribution in [0.5, 0.6) is 0 Å². The first-order chi connectivity index (χ1) is 12.6. The molecule has 0 saturated heterocycles. The Bertz CT molecular complexity index is 931. The van der Waals surface area contributed by atoms with Gasteiger partial charge in [0.2, 0.25) is 11.3 Å². The van der Waals surface area contributed by atoms with Gasteiger partial charge >= 0.3 is 0 Å². The van der Waals surface area contributed by atoms with E-state index in [1.54, 1.807) is 0 Å². The van der Waals surface area contributed by atoms with E-state index in [-0.39, 0.29) is 11.3 Å². The average molecular weight is 338 g/mol. The zero-order valence-electron chi connectivity index (χ0n) is 14.7. The Kier molecular flexibility index (Phi) is 3.02. The van der Waals surface area contributed by atoms with E-state index in [4.69, 9.17) is 0 Å². The van der Waals surface area contributed by atoms with Gasteiger partial charge in [0.05, 0.1) is 0 Å². The number of hydrogen-bond acceptors (Lipinski definition) is 4. The second-order valence-corrected chi connectivity index (χ2v) is 7.17. The summed E-state index contributed by atoms with van der Waals surface area (Å²) in [7, 11) is 0. The molecule has 2 heterocycles. The molecule has 0 amide bonds. The molecule has 0 bridgehead atoms. The van der Waals surface area contributed by atoms with Crippen LogP contribution in [-0.2, 0) is 11.3 Å². The van der Waals surface area contributed by atoms with Crippen LogP contribution in [0.3, 0.4) is 0 Å². The lowest BCUT2D eigenvalue weighted by molar-refractivity contribution is 0.729. The lowest BCUT2D eigenvalue weighted by atomic mass is 9.96. The number of rotatable bonds is 4. The molecule has 3 aromatic carbocycles. The number of hydrogen-bond donors (Lipinski definition) is 0. The summed E-state index contributed by atoms with van der Waals surface area (Å²) in [5.41, 5.74) is 6.46. The highest BCUT2D eigenvalue weighted by Crippen LogP contribution is 2.40. The molecule has 5 rings (SSSR count). The number of nitrogens with zero attached hydrogens (tertiary/aromatic N) is 4. The minimum atomic E-state index is -0.313. The molecule has 0 saturated carbocycles. The van der Waals surface area contributed by atoms with Gasteiger partial charge in [0.1, 0.15) is 0 Å². The Labute approximate surface area is 152 Å². The molecule has 0 aliphatic carbocycles. The Morgan fingerprint density at radius 3 is 0.885 bits per heavy atom. The van der Waals surface area contributed by atoms with Crippen molar-refractivity contribution in [3.8, 4) is 22.3 Å². The van der Waals surface area contributed by atoms with Crippen LogP contribution in [0.15, 0.2) is 93.3 Å². The van der Waals surface area contributed by atoms with Crippen LogP contribution in [-0.4, -0.2) is 0 Å². The Balaban J connectivity index is 1.37. The first kappa shape index (κ1) is 15.1. The van der Waals surface area contributed by atoms with Crippen molar-refractivity contribution < 1.29 is 0 Å². The van der Waals surface area contributed by atoms with Crippen molar-refractivity contribution >= 4 is 0 Å². The summed E-state index contributed by atoms with van der Waals surface area (Å²) >= 11 is 0. The minimum absolute atomic E-state index is 0.313. The van der Waals surface area contributed by atoms with Gasteiger partial charge in [-0.1, -0.05) is 72.8 Å². The van der Waals surface area contributed by atoms with Crippen molar-refractivity contribution in [1.82, 2.24) is 0 Å². The van der Waals surface area contributed by atoms with Gasteiger partial charge in [0.25, 0.3) is 0 Å². The zero-order chi connectivity index (χ0) is 17.8. The first-order valence-electron chi connectivity index (χ1n) is 8.76. The van der Waals surface area contributed by atoms with Crippen molar-refractivity contribution in [2.45, 2.75) is 25.2 Å². The fraction of sp³-hybridized carbons (Fsp3) is 0.182. The highest BCUT2D eigenvalue weighted by Gasteiger charge is 2.36. The molecule has 0 radical (unpaired) electrons. The molecule has 0 fully saturated rings. The van der Waals surface area contributed by atoms with E-state index in [1.807, 2.05) is 13.8 Å². The quantitative estimate of drug-likeness (QED) is 0.536. The Morgan fingerprint density at radius 1 is 0.423 bits per heavy atom. The van der Waals surface area contributed by atoms with Crippen LogP contribution < -0.4 is 0 Å². The van der Waals surface area contributed by atoms with Crippen LogP contribution >= 0.6 is 0 Å². The van der Waals surface area contributed by atoms with E-state index in [2.05, 4.69) is 93.3 Å². The molecule has 0 spiro atoms. The fourth-order valence-electron chi connectivity index (χ4n) is 3.19. The molecular formula is C22H18N4. The normalized spacial score (nSPS) is 17.9. The molecule has 0 aromatic heterocycles. The summed E-state index contributed by atoms with van der Waals surface area (Å²) in [5, 5.41) is 16.4. The van der Waals surface area contributed by atoms with E-state index < -0.39 is 0 Å². The average Bonchev–Trinajstić information content (AvgIpc) is 3.62. The van der Waals surface area contributed by atoms with Gasteiger partial charge in [0, 0.05) is 11.1 Å². The fourth-order valence-corrected chi connectivity index (χ4v) is 3.19. The molecule has 2 aliphatic rings. The van der Waals surface area contributed by atoms with Crippen molar-refractivity contribution in [2.24, 2.45) is 20.5 Å². The van der Waals surface area contributed by atoms with Crippen molar-refractivity contribution in [1.29, 1.82) is 0 Å². The molecule has 4 nitrogen and oxygen atoms in total. The largest absolute Gasteiger partial charge is 0.213 e. The van der Waals surface area contributed by atoms with Gasteiger partial charge in [-0.2, -0.15) is 20.5 Å². The minimum Gasteiger partial charge on any atom is -0.154 e. The second-order valence-electron chi connectivity index (χ2n) is 7.17. The SMILES string of the molecule is CC1(c2ccc(-c3ccc(-c4ccc(C5(C)N=N5)cc4)cc3)cc2)N=N1. The van der Waals surface area contributed by atoms with Gasteiger partial charge in [-0.05, 0) is 36.1 Å². The van der Waals surface area contributed by atoms with Crippen LogP contribution in [0.25, 0.3) is 22.3 Å². The summed E-state index contributed by atoms with van der Waals surface area (Å²) in [4.78, 5) is 0. The summed E-state index contributed by atoms with van der Waals surface area (Å²) < 4.78 is 0. The topological polar surface area (TPSA) is 49.4 Å². The van der Waals surface area contributed by atoms with Gasteiger partial charge < -0.3 is 0 Å². The molecular weight excluding hydrogens is 320 g/mol. The molecule has 26 heavy (non-hydrogen) atoms. The molecule has 126 valence electrons. The van der Waals surface area contributed by atoms with E-state index in [9.17, 15) is 0 Å². The lowest BCUT2D eigenvalue weighted by Gasteiger charge is -2.09. The zero-order valence-corrected chi connectivity index (χ0v) is 14.7. The second kappa shape index (κ2) is 5.18. The third-order valence-corrected chi connectivity index (χ3v) is 5.22. The maximum atomic E-state index is 4.09. The Morgan fingerprint density at radius 2 is 0.654 bits per heavy atom. The van der Waals surface area contributed by atoms with E-state index in [1.165, 1.54) is 22.3 Å². The van der Waals surface area contributed by atoms with Gasteiger partial charge in [0.15, 0.2) is 0 Å². The third-order valence-electron chi connectivity index (χ3n) is 5.22. The maximum Gasteiger partial charge on any atom is 0.213 e. The monoisotopic (exact) mass is 338 g/mol.